The van der Waals surface area contributed by atoms with Crippen LogP contribution in [0.25, 0.3) is 0 Å². The second-order valence-corrected chi connectivity index (χ2v) is 7.76. The van der Waals surface area contributed by atoms with Crippen molar-refractivity contribution >= 4 is 5.91 Å². The van der Waals surface area contributed by atoms with Crippen molar-refractivity contribution in [1.82, 2.24) is 19.8 Å². The average molecular weight is 396 g/mol. The van der Waals surface area contributed by atoms with E-state index >= 15 is 0 Å². The Kier molecular flexibility index (Phi) is 5.67. The quantitative estimate of drug-likeness (QED) is 0.792. The molecule has 0 unspecified atom stereocenters. The van der Waals surface area contributed by atoms with Crippen LogP contribution in [-0.4, -0.2) is 60.0 Å². The Bertz CT molecular complexity index is 902. The fourth-order valence-corrected chi connectivity index (χ4v) is 4.21. The standard InChI is InChI=1S/C22H28N4O3/c1-25-11-9-18-15(14-25)13-23-21(24-18)19-6-4-5-10-26(19)22(27)17-12-16(28-2)7-8-20(17)29-3/h7-8,12-13,19H,4-6,9-11,14H2,1-3H3/t19-/m1/s1. The molecule has 2 aromatic rings. The molecule has 1 aromatic heterocycles. The number of methoxy groups -OCH3 is 2. The molecule has 3 heterocycles. The van der Waals surface area contributed by atoms with Crippen molar-refractivity contribution < 1.29 is 14.3 Å². The number of likely N-dealkylation sites (N-methyl/N-ethyl adjacent to an activating group) is 1. The number of hydrogen-bond donors (Lipinski definition) is 0. The van der Waals surface area contributed by atoms with Crippen molar-refractivity contribution in [3.05, 3.63) is 47.0 Å². The number of aromatic nitrogens is 2. The van der Waals surface area contributed by atoms with Gasteiger partial charge in [0.25, 0.3) is 5.91 Å². The monoisotopic (exact) mass is 396 g/mol. The van der Waals surface area contributed by atoms with Crippen molar-refractivity contribution in [2.45, 2.75) is 38.3 Å². The first-order chi connectivity index (χ1) is 14.1. The van der Waals surface area contributed by atoms with E-state index in [1.54, 1.807) is 32.4 Å². The molecule has 2 aliphatic heterocycles. The summed E-state index contributed by atoms with van der Waals surface area (Å²) in [6, 6.07) is 5.21. The Morgan fingerprint density at radius 2 is 2.03 bits per heavy atom. The normalized spacial score (nSPS) is 19.6. The minimum atomic E-state index is -0.114. The van der Waals surface area contributed by atoms with Crippen molar-refractivity contribution in [1.29, 1.82) is 0 Å². The number of piperidine rings is 1. The second-order valence-electron chi connectivity index (χ2n) is 7.76. The van der Waals surface area contributed by atoms with Gasteiger partial charge >= 0.3 is 0 Å². The van der Waals surface area contributed by atoms with Crippen LogP contribution in [0.15, 0.2) is 24.4 Å². The Labute approximate surface area is 171 Å². The topological polar surface area (TPSA) is 67.8 Å². The predicted octanol–water partition coefficient (Wildman–Crippen LogP) is 2.85. The number of ether oxygens (including phenoxy) is 2. The lowest BCUT2D eigenvalue weighted by atomic mass is 9.99. The summed E-state index contributed by atoms with van der Waals surface area (Å²) in [6.45, 7) is 2.56. The van der Waals surface area contributed by atoms with Gasteiger partial charge in [-0.2, -0.15) is 0 Å². The first kappa shape index (κ1) is 19.6. The summed E-state index contributed by atoms with van der Waals surface area (Å²) in [5, 5.41) is 0. The Morgan fingerprint density at radius 3 is 2.83 bits per heavy atom. The zero-order valence-corrected chi connectivity index (χ0v) is 17.4. The van der Waals surface area contributed by atoms with Crippen molar-refractivity contribution in [3.63, 3.8) is 0 Å². The zero-order valence-electron chi connectivity index (χ0n) is 17.4. The molecule has 154 valence electrons. The number of fused-ring (bicyclic) bond motifs is 1. The zero-order chi connectivity index (χ0) is 20.4. The van der Waals surface area contributed by atoms with Gasteiger partial charge in [0.1, 0.15) is 11.5 Å². The van der Waals surface area contributed by atoms with E-state index in [0.29, 0.717) is 23.6 Å². The van der Waals surface area contributed by atoms with Crippen LogP contribution in [0.1, 0.15) is 52.7 Å². The van der Waals surface area contributed by atoms with Gasteiger partial charge in [0.15, 0.2) is 5.82 Å². The van der Waals surface area contributed by atoms with Gasteiger partial charge in [-0.1, -0.05) is 0 Å². The molecule has 0 N–H and O–H groups in total. The number of likely N-dealkylation sites (tertiary alicyclic amines) is 1. The second kappa shape index (κ2) is 8.37. The van der Waals surface area contributed by atoms with Gasteiger partial charge in [-0.05, 0) is 44.5 Å². The SMILES string of the molecule is COc1ccc(OC)c(C(=O)N2CCCC[C@@H]2c2ncc3c(n2)CCN(C)C3)c1. The maximum Gasteiger partial charge on any atom is 0.258 e. The molecule has 1 amide bonds. The number of carbonyl (C=O) groups is 1. The van der Waals surface area contributed by atoms with E-state index in [1.165, 1.54) is 5.56 Å². The molecule has 29 heavy (non-hydrogen) atoms. The van der Waals surface area contributed by atoms with E-state index in [1.807, 2.05) is 11.1 Å². The molecule has 1 aromatic carbocycles. The van der Waals surface area contributed by atoms with Gasteiger partial charge in [-0.3, -0.25) is 4.79 Å². The number of nitrogens with zero attached hydrogens (tertiary/aromatic N) is 4. The highest BCUT2D eigenvalue weighted by molar-refractivity contribution is 5.97. The van der Waals surface area contributed by atoms with Crippen LogP contribution < -0.4 is 9.47 Å². The minimum Gasteiger partial charge on any atom is -0.497 e. The van der Waals surface area contributed by atoms with Gasteiger partial charge in [-0.25, -0.2) is 9.97 Å². The molecule has 7 heteroatoms. The summed E-state index contributed by atoms with van der Waals surface area (Å²) < 4.78 is 10.8. The maximum atomic E-state index is 13.5. The summed E-state index contributed by atoms with van der Waals surface area (Å²) in [7, 11) is 5.29. The molecule has 1 fully saturated rings. The number of carbonyl (C=O) groups excluding carboxylic acids is 1. The van der Waals surface area contributed by atoms with Crippen molar-refractivity contribution in [2.75, 3.05) is 34.4 Å². The van der Waals surface area contributed by atoms with Crippen LogP contribution in [0.5, 0.6) is 11.5 Å². The number of hydrogen-bond acceptors (Lipinski definition) is 6. The fraction of sp³-hybridized carbons (Fsp3) is 0.500. The molecule has 1 atom stereocenters. The Morgan fingerprint density at radius 1 is 1.17 bits per heavy atom. The molecule has 1 saturated heterocycles. The lowest BCUT2D eigenvalue weighted by Crippen LogP contribution is -2.40. The lowest BCUT2D eigenvalue weighted by molar-refractivity contribution is 0.0595. The third-order valence-corrected chi connectivity index (χ3v) is 5.84. The van der Waals surface area contributed by atoms with E-state index in [2.05, 4.69) is 16.9 Å². The third-order valence-electron chi connectivity index (χ3n) is 5.84. The summed E-state index contributed by atoms with van der Waals surface area (Å²) in [4.78, 5) is 27.2. The summed E-state index contributed by atoms with van der Waals surface area (Å²) in [5.74, 6) is 1.88. The molecule has 0 spiro atoms. The third kappa shape index (κ3) is 3.92. The van der Waals surface area contributed by atoms with E-state index in [-0.39, 0.29) is 11.9 Å². The first-order valence-corrected chi connectivity index (χ1v) is 10.2. The molecule has 0 bridgehead atoms. The number of benzene rings is 1. The molecule has 0 aliphatic carbocycles. The maximum absolute atomic E-state index is 13.5. The molecule has 0 saturated carbocycles. The lowest BCUT2D eigenvalue weighted by Gasteiger charge is -2.35. The van der Waals surface area contributed by atoms with Crippen LogP contribution in [0.3, 0.4) is 0 Å². The molecule has 4 rings (SSSR count). The van der Waals surface area contributed by atoms with Gasteiger partial charge in [0, 0.05) is 43.5 Å². The van der Waals surface area contributed by atoms with Crippen LogP contribution in [0.4, 0.5) is 0 Å². The van der Waals surface area contributed by atoms with E-state index in [4.69, 9.17) is 14.5 Å². The summed E-state index contributed by atoms with van der Waals surface area (Å²) in [5.41, 5.74) is 2.81. The Hall–Kier alpha value is -2.67. The molecular weight excluding hydrogens is 368 g/mol. The van der Waals surface area contributed by atoms with Crippen molar-refractivity contribution in [2.24, 2.45) is 0 Å². The molecule has 0 radical (unpaired) electrons. The minimum absolute atomic E-state index is 0.0634. The van der Waals surface area contributed by atoms with Gasteiger partial charge in [0.2, 0.25) is 0 Å². The van der Waals surface area contributed by atoms with E-state index < -0.39 is 0 Å². The highest BCUT2D eigenvalue weighted by Gasteiger charge is 2.33. The van der Waals surface area contributed by atoms with E-state index in [9.17, 15) is 4.79 Å². The Balaban J connectivity index is 1.66. The van der Waals surface area contributed by atoms with Gasteiger partial charge < -0.3 is 19.3 Å². The predicted molar refractivity (Wildman–Crippen MR) is 109 cm³/mol. The summed E-state index contributed by atoms with van der Waals surface area (Å²) >= 11 is 0. The van der Waals surface area contributed by atoms with Crippen molar-refractivity contribution in [3.8, 4) is 11.5 Å². The van der Waals surface area contributed by atoms with Gasteiger partial charge in [0.05, 0.1) is 25.8 Å². The smallest absolute Gasteiger partial charge is 0.258 e. The van der Waals surface area contributed by atoms with Gasteiger partial charge in [-0.15, -0.1) is 0 Å². The van der Waals surface area contributed by atoms with Crippen LogP contribution in [0.2, 0.25) is 0 Å². The largest absolute Gasteiger partial charge is 0.497 e. The van der Waals surface area contributed by atoms with E-state index in [0.717, 1.165) is 50.3 Å². The number of rotatable bonds is 4. The highest BCUT2D eigenvalue weighted by atomic mass is 16.5. The average Bonchev–Trinajstić information content (AvgIpc) is 2.77. The summed E-state index contributed by atoms with van der Waals surface area (Å²) in [6.07, 6.45) is 5.77. The highest BCUT2D eigenvalue weighted by Crippen LogP contribution is 2.34. The first-order valence-electron chi connectivity index (χ1n) is 10.2. The molecule has 7 nitrogen and oxygen atoms in total. The van der Waals surface area contributed by atoms with Crippen LogP contribution in [0, 0.1) is 0 Å². The van der Waals surface area contributed by atoms with Crippen LogP contribution >= 0.6 is 0 Å². The fourth-order valence-electron chi connectivity index (χ4n) is 4.21. The molecule has 2 aliphatic rings. The molecular formula is C22H28N4O3. The number of amides is 1. The van der Waals surface area contributed by atoms with Crippen LogP contribution in [-0.2, 0) is 13.0 Å².